The third kappa shape index (κ3) is 1.73. The first kappa shape index (κ1) is 9.77. The molecule has 0 saturated carbocycles. The van der Waals surface area contributed by atoms with E-state index < -0.39 is 0 Å². The summed E-state index contributed by atoms with van der Waals surface area (Å²) in [5.41, 5.74) is 1.74. The van der Waals surface area contributed by atoms with E-state index in [0.717, 1.165) is 10.9 Å². The Hall–Kier alpha value is -1.77. The van der Waals surface area contributed by atoms with Crippen LogP contribution in [0.15, 0.2) is 28.9 Å². The van der Waals surface area contributed by atoms with Gasteiger partial charge >= 0.3 is 5.97 Å². The molecule has 0 saturated heterocycles. The molecule has 1 heterocycles. The van der Waals surface area contributed by atoms with Crippen LogP contribution in [0.4, 0.5) is 0 Å². The quantitative estimate of drug-likeness (QED) is 0.557. The van der Waals surface area contributed by atoms with Gasteiger partial charge in [0.15, 0.2) is 11.3 Å². The van der Waals surface area contributed by atoms with E-state index in [2.05, 4.69) is 0 Å². The van der Waals surface area contributed by atoms with Crippen LogP contribution in [0.1, 0.15) is 18.9 Å². The predicted octanol–water partition coefficient (Wildman–Crippen LogP) is 3.06. The van der Waals surface area contributed by atoms with Gasteiger partial charge in [0.1, 0.15) is 0 Å². The van der Waals surface area contributed by atoms with Crippen molar-refractivity contribution in [2.75, 3.05) is 0 Å². The van der Waals surface area contributed by atoms with Crippen molar-refractivity contribution in [2.45, 2.75) is 20.3 Å². The highest BCUT2D eigenvalue weighted by atomic mass is 16.5. The molecule has 0 unspecified atom stereocenters. The number of rotatable bonds is 2. The number of hydrogen-bond donors (Lipinski definition) is 0. The van der Waals surface area contributed by atoms with Crippen molar-refractivity contribution in [3.8, 4) is 5.75 Å². The van der Waals surface area contributed by atoms with Crippen LogP contribution in [0, 0.1) is 6.92 Å². The summed E-state index contributed by atoms with van der Waals surface area (Å²) in [6, 6.07) is 5.54. The lowest BCUT2D eigenvalue weighted by molar-refractivity contribution is -0.133. The molecule has 0 amide bonds. The summed E-state index contributed by atoms with van der Waals surface area (Å²) in [5, 5.41) is 0.983. The second kappa shape index (κ2) is 3.77. The second-order valence-electron chi connectivity index (χ2n) is 3.37. The van der Waals surface area contributed by atoms with Crippen molar-refractivity contribution in [1.29, 1.82) is 0 Å². The first-order chi connectivity index (χ1) is 7.22. The number of aryl methyl sites for hydroxylation is 1. The maximum atomic E-state index is 11.2. The molecule has 0 bridgehead atoms. The standard InChI is InChI=1S/C12H12O3/c1-3-11(13)15-10-5-4-8(2)9-6-7-14-12(9)10/h4-7H,3H2,1-2H3. The van der Waals surface area contributed by atoms with Gasteiger partial charge in [-0.3, -0.25) is 4.79 Å². The van der Waals surface area contributed by atoms with Gasteiger partial charge in [-0.2, -0.15) is 0 Å². The molecule has 0 fully saturated rings. The van der Waals surface area contributed by atoms with Gasteiger partial charge < -0.3 is 9.15 Å². The second-order valence-corrected chi connectivity index (χ2v) is 3.37. The van der Waals surface area contributed by atoms with Crippen molar-refractivity contribution < 1.29 is 13.9 Å². The van der Waals surface area contributed by atoms with E-state index in [1.54, 1.807) is 19.3 Å². The van der Waals surface area contributed by atoms with Crippen molar-refractivity contribution in [3.63, 3.8) is 0 Å². The molecule has 1 aromatic heterocycles. The Balaban J connectivity index is 2.48. The van der Waals surface area contributed by atoms with E-state index in [-0.39, 0.29) is 5.97 Å². The molecule has 0 aliphatic rings. The van der Waals surface area contributed by atoms with E-state index in [1.165, 1.54) is 0 Å². The van der Waals surface area contributed by atoms with Crippen LogP contribution < -0.4 is 4.74 Å². The SMILES string of the molecule is CCC(=O)Oc1ccc(C)c2ccoc12. The number of esters is 1. The highest BCUT2D eigenvalue weighted by Crippen LogP contribution is 2.29. The number of ether oxygens (including phenoxy) is 1. The van der Waals surface area contributed by atoms with E-state index in [9.17, 15) is 4.79 Å². The Morgan fingerprint density at radius 3 is 2.93 bits per heavy atom. The fourth-order valence-electron chi connectivity index (χ4n) is 1.45. The minimum Gasteiger partial charge on any atom is -0.460 e. The number of carbonyl (C=O) groups excluding carboxylic acids is 1. The highest BCUT2D eigenvalue weighted by Gasteiger charge is 2.10. The molecular formula is C12H12O3. The van der Waals surface area contributed by atoms with Gasteiger partial charge in [0.2, 0.25) is 0 Å². The van der Waals surface area contributed by atoms with E-state index in [0.29, 0.717) is 17.8 Å². The zero-order chi connectivity index (χ0) is 10.8. The molecule has 0 spiro atoms. The summed E-state index contributed by atoms with van der Waals surface area (Å²) in [4.78, 5) is 11.2. The van der Waals surface area contributed by atoms with Crippen LogP contribution in [0.3, 0.4) is 0 Å². The van der Waals surface area contributed by atoms with Crippen LogP contribution in [-0.2, 0) is 4.79 Å². The molecule has 15 heavy (non-hydrogen) atoms. The number of fused-ring (bicyclic) bond motifs is 1. The van der Waals surface area contributed by atoms with E-state index >= 15 is 0 Å². The largest absolute Gasteiger partial charge is 0.460 e. The molecule has 2 rings (SSSR count). The average molecular weight is 204 g/mol. The summed E-state index contributed by atoms with van der Waals surface area (Å²) in [6.07, 6.45) is 1.96. The molecule has 2 aromatic rings. The van der Waals surface area contributed by atoms with Crippen molar-refractivity contribution in [2.24, 2.45) is 0 Å². The number of carbonyl (C=O) groups is 1. The smallest absolute Gasteiger partial charge is 0.311 e. The number of furan rings is 1. The molecule has 0 N–H and O–H groups in total. The van der Waals surface area contributed by atoms with Crippen molar-refractivity contribution in [1.82, 2.24) is 0 Å². The molecule has 0 aliphatic carbocycles. The summed E-state index contributed by atoms with van der Waals surface area (Å²) in [5.74, 6) is 0.240. The van der Waals surface area contributed by atoms with Gasteiger partial charge in [-0.25, -0.2) is 0 Å². The van der Waals surface area contributed by atoms with Gasteiger partial charge in [-0.15, -0.1) is 0 Å². The Kier molecular flexibility index (Phi) is 2.46. The normalized spacial score (nSPS) is 10.5. The van der Waals surface area contributed by atoms with Crippen LogP contribution >= 0.6 is 0 Å². The average Bonchev–Trinajstić information content (AvgIpc) is 2.71. The van der Waals surface area contributed by atoms with Crippen LogP contribution in [-0.4, -0.2) is 5.97 Å². The third-order valence-corrected chi connectivity index (χ3v) is 2.31. The number of hydrogen-bond acceptors (Lipinski definition) is 3. The molecule has 1 aromatic carbocycles. The molecule has 0 atom stereocenters. The van der Waals surface area contributed by atoms with Crippen LogP contribution in [0.25, 0.3) is 11.0 Å². The summed E-state index contributed by atoms with van der Waals surface area (Å²) in [7, 11) is 0. The first-order valence-electron chi connectivity index (χ1n) is 4.90. The molecule has 3 heteroatoms. The third-order valence-electron chi connectivity index (χ3n) is 2.31. The zero-order valence-corrected chi connectivity index (χ0v) is 8.74. The maximum Gasteiger partial charge on any atom is 0.311 e. The summed E-state index contributed by atoms with van der Waals surface area (Å²) < 4.78 is 10.5. The van der Waals surface area contributed by atoms with E-state index in [4.69, 9.17) is 9.15 Å². The molecular weight excluding hydrogens is 192 g/mol. The number of benzene rings is 1. The summed E-state index contributed by atoms with van der Waals surface area (Å²) >= 11 is 0. The fraction of sp³-hybridized carbons (Fsp3) is 0.250. The monoisotopic (exact) mass is 204 g/mol. The predicted molar refractivity (Wildman–Crippen MR) is 56.9 cm³/mol. The minimum atomic E-state index is -0.253. The minimum absolute atomic E-state index is 0.253. The molecule has 3 nitrogen and oxygen atoms in total. The lowest BCUT2D eigenvalue weighted by Gasteiger charge is -2.04. The van der Waals surface area contributed by atoms with Crippen molar-refractivity contribution in [3.05, 3.63) is 30.0 Å². The van der Waals surface area contributed by atoms with Gasteiger partial charge in [-0.1, -0.05) is 13.0 Å². The Morgan fingerprint density at radius 1 is 1.40 bits per heavy atom. The molecule has 0 radical (unpaired) electrons. The molecule has 78 valence electrons. The highest BCUT2D eigenvalue weighted by molar-refractivity contribution is 5.88. The topological polar surface area (TPSA) is 39.4 Å². The van der Waals surface area contributed by atoms with Gasteiger partial charge in [0.25, 0.3) is 0 Å². The zero-order valence-electron chi connectivity index (χ0n) is 8.74. The maximum absolute atomic E-state index is 11.2. The molecule has 0 aliphatic heterocycles. The van der Waals surface area contributed by atoms with Gasteiger partial charge in [-0.05, 0) is 24.6 Å². The lowest BCUT2D eigenvalue weighted by atomic mass is 10.1. The van der Waals surface area contributed by atoms with Gasteiger partial charge in [0.05, 0.1) is 6.26 Å². The Labute approximate surface area is 87.6 Å². The summed E-state index contributed by atoms with van der Waals surface area (Å²) in [6.45, 7) is 3.75. The lowest BCUT2D eigenvalue weighted by Crippen LogP contribution is -2.05. The van der Waals surface area contributed by atoms with Crippen molar-refractivity contribution >= 4 is 16.9 Å². The van der Waals surface area contributed by atoms with Gasteiger partial charge in [0, 0.05) is 11.8 Å². The fourth-order valence-corrected chi connectivity index (χ4v) is 1.45. The Morgan fingerprint density at radius 2 is 2.20 bits per heavy atom. The van der Waals surface area contributed by atoms with E-state index in [1.807, 2.05) is 19.1 Å². The first-order valence-corrected chi connectivity index (χ1v) is 4.90. The Bertz CT molecular complexity index is 497. The van der Waals surface area contributed by atoms with Crippen LogP contribution in [0.5, 0.6) is 5.75 Å². The van der Waals surface area contributed by atoms with Crippen LogP contribution in [0.2, 0.25) is 0 Å².